The second-order valence-corrected chi connectivity index (χ2v) is 4.08. The van der Waals surface area contributed by atoms with Gasteiger partial charge in [0.25, 0.3) is 0 Å². The largest absolute Gasteiger partial charge is 0.465 e. The van der Waals surface area contributed by atoms with Gasteiger partial charge in [0.05, 0.1) is 12.7 Å². The Morgan fingerprint density at radius 3 is 2.38 bits per heavy atom. The lowest BCUT2D eigenvalue weighted by Gasteiger charge is -2.14. The Labute approximate surface area is 97.6 Å². The van der Waals surface area contributed by atoms with E-state index in [1.165, 1.54) is 12.7 Å². The number of hydrogen-bond acceptors (Lipinski definition) is 2. The molecule has 0 N–H and O–H groups in total. The molecule has 1 rings (SSSR count). The Kier molecular flexibility index (Phi) is 4.53. The molecule has 0 fully saturated rings. The fraction of sp³-hybridized carbons (Fsp3) is 0.500. The van der Waals surface area contributed by atoms with E-state index in [9.17, 15) is 4.79 Å². The van der Waals surface area contributed by atoms with Gasteiger partial charge in [-0.15, -0.1) is 0 Å². The molecule has 0 heterocycles. The predicted octanol–water partition coefficient (Wildman–Crippen LogP) is 3.69. The Morgan fingerprint density at radius 2 is 1.94 bits per heavy atom. The molecule has 1 aromatic rings. The number of rotatable bonds is 4. The first-order valence-corrected chi connectivity index (χ1v) is 5.82. The van der Waals surface area contributed by atoms with Gasteiger partial charge in [0.15, 0.2) is 0 Å². The van der Waals surface area contributed by atoms with Crippen molar-refractivity contribution in [1.29, 1.82) is 0 Å². The van der Waals surface area contributed by atoms with Crippen LogP contribution in [0.15, 0.2) is 18.2 Å². The van der Waals surface area contributed by atoms with Crippen molar-refractivity contribution in [2.75, 3.05) is 7.11 Å². The van der Waals surface area contributed by atoms with Gasteiger partial charge < -0.3 is 4.74 Å². The molecule has 0 amide bonds. The Balaban J connectivity index is 3.03. The number of carbonyl (C=O) groups is 1. The molecule has 2 nitrogen and oxygen atoms in total. The number of aryl methyl sites for hydroxylation is 1. The smallest absolute Gasteiger partial charge is 0.338 e. The van der Waals surface area contributed by atoms with Gasteiger partial charge in [0.2, 0.25) is 0 Å². The van der Waals surface area contributed by atoms with Crippen molar-refractivity contribution < 1.29 is 9.53 Å². The van der Waals surface area contributed by atoms with Gasteiger partial charge in [0, 0.05) is 0 Å². The molecule has 0 unspecified atom stereocenters. The molecule has 0 aromatic heterocycles. The summed E-state index contributed by atoms with van der Waals surface area (Å²) in [6.07, 6.45) is 2.26. The van der Waals surface area contributed by atoms with E-state index in [1.807, 2.05) is 19.1 Å². The molecular formula is C14H20O2. The number of hydrogen-bond donors (Lipinski definition) is 0. The van der Waals surface area contributed by atoms with E-state index in [4.69, 9.17) is 4.74 Å². The normalized spacial score (nSPS) is 10.6. The van der Waals surface area contributed by atoms with Crippen LogP contribution >= 0.6 is 0 Å². The highest BCUT2D eigenvalue weighted by atomic mass is 16.5. The van der Waals surface area contributed by atoms with Gasteiger partial charge in [-0.1, -0.05) is 26.0 Å². The minimum Gasteiger partial charge on any atom is -0.465 e. The Hall–Kier alpha value is -1.31. The van der Waals surface area contributed by atoms with Crippen LogP contribution in [-0.2, 0) is 4.74 Å². The number of benzene rings is 1. The van der Waals surface area contributed by atoms with Gasteiger partial charge in [0.1, 0.15) is 0 Å². The number of methoxy groups -OCH3 is 1. The Bertz CT molecular complexity index is 365. The van der Waals surface area contributed by atoms with Crippen molar-refractivity contribution >= 4 is 5.97 Å². The molecule has 16 heavy (non-hydrogen) atoms. The van der Waals surface area contributed by atoms with Gasteiger partial charge in [-0.05, 0) is 42.9 Å². The summed E-state index contributed by atoms with van der Waals surface area (Å²) >= 11 is 0. The zero-order chi connectivity index (χ0) is 12.1. The van der Waals surface area contributed by atoms with E-state index in [0.29, 0.717) is 11.5 Å². The summed E-state index contributed by atoms with van der Waals surface area (Å²) in [5, 5.41) is 0. The molecule has 0 aliphatic rings. The average Bonchev–Trinajstić information content (AvgIpc) is 2.30. The molecule has 0 radical (unpaired) electrons. The van der Waals surface area contributed by atoms with Crippen LogP contribution in [0.25, 0.3) is 0 Å². The third-order valence-corrected chi connectivity index (χ3v) is 3.11. The minimum absolute atomic E-state index is 0.256. The monoisotopic (exact) mass is 220 g/mol. The molecule has 2 heteroatoms. The van der Waals surface area contributed by atoms with Gasteiger partial charge in [-0.2, -0.15) is 0 Å². The van der Waals surface area contributed by atoms with Crippen molar-refractivity contribution in [3.63, 3.8) is 0 Å². The van der Waals surface area contributed by atoms with Crippen LogP contribution in [-0.4, -0.2) is 13.1 Å². The van der Waals surface area contributed by atoms with E-state index in [-0.39, 0.29) is 5.97 Å². The first-order valence-electron chi connectivity index (χ1n) is 5.82. The maximum Gasteiger partial charge on any atom is 0.338 e. The third kappa shape index (κ3) is 2.63. The molecule has 88 valence electrons. The molecule has 1 aromatic carbocycles. The fourth-order valence-corrected chi connectivity index (χ4v) is 2.04. The standard InChI is InChI=1S/C14H20O2/c1-5-11(6-2)12-7-8-13(10(3)9-12)14(15)16-4/h7-9,11H,5-6H2,1-4H3. The van der Waals surface area contributed by atoms with E-state index in [0.717, 1.165) is 18.4 Å². The summed E-state index contributed by atoms with van der Waals surface area (Å²) in [6.45, 7) is 6.34. The molecule has 0 atom stereocenters. The lowest BCUT2D eigenvalue weighted by atomic mass is 9.91. The highest BCUT2D eigenvalue weighted by molar-refractivity contribution is 5.90. The van der Waals surface area contributed by atoms with Crippen molar-refractivity contribution in [2.45, 2.75) is 39.5 Å². The van der Waals surface area contributed by atoms with Gasteiger partial charge in [-0.25, -0.2) is 4.79 Å². The van der Waals surface area contributed by atoms with Crippen molar-refractivity contribution in [2.24, 2.45) is 0 Å². The maximum absolute atomic E-state index is 11.4. The van der Waals surface area contributed by atoms with Crippen molar-refractivity contribution in [1.82, 2.24) is 0 Å². The molecule has 0 aliphatic heterocycles. The van der Waals surface area contributed by atoms with Crippen LogP contribution < -0.4 is 0 Å². The van der Waals surface area contributed by atoms with Gasteiger partial charge >= 0.3 is 5.97 Å². The SMILES string of the molecule is CCC(CC)c1ccc(C(=O)OC)c(C)c1. The first kappa shape index (κ1) is 12.8. The fourth-order valence-electron chi connectivity index (χ4n) is 2.04. The minimum atomic E-state index is -0.256. The summed E-state index contributed by atoms with van der Waals surface area (Å²) in [6, 6.07) is 6.01. The van der Waals surface area contributed by atoms with Crippen LogP contribution in [0, 0.1) is 6.92 Å². The summed E-state index contributed by atoms with van der Waals surface area (Å²) < 4.78 is 4.73. The average molecular weight is 220 g/mol. The number of esters is 1. The van der Waals surface area contributed by atoms with E-state index in [1.54, 1.807) is 0 Å². The van der Waals surface area contributed by atoms with Crippen LogP contribution in [0.4, 0.5) is 0 Å². The molecule has 0 bridgehead atoms. The topological polar surface area (TPSA) is 26.3 Å². The van der Waals surface area contributed by atoms with E-state index in [2.05, 4.69) is 19.9 Å². The molecule has 0 spiro atoms. The maximum atomic E-state index is 11.4. The van der Waals surface area contributed by atoms with Crippen molar-refractivity contribution in [3.05, 3.63) is 34.9 Å². The second kappa shape index (κ2) is 5.69. The van der Waals surface area contributed by atoms with Gasteiger partial charge in [-0.3, -0.25) is 0 Å². The molecule has 0 aliphatic carbocycles. The zero-order valence-corrected chi connectivity index (χ0v) is 10.5. The number of carbonyl (C=O) groups excluding carboxylic acids is 1. The van der Waals surface area contributed by atoms with E-state index >= 15 is 0 Å². The number of ether oxygens (including phenoxy) is 1. The summed E-state index contributed by atoms with van der Waals surface area (Å²) in [5.41, 5.74) is 2.98. The third-order valence-electron chi connectivity index (χ3n) is 3.11. The summed E-state index contributed by atoms with van der Waals surface area (Å²) in [5.74, 6) is 0.332. The molecule has 0 saturated carbocycles. The predicted molar refractivity (Wildman–Crippen MR) is 65.8 cm³/mol. The highest BCUT2D eigenvalue weighted by Crippen LogP contribution is 2.25. The quantitative estimate of drug-likeness (QED) is 0.723. The van der Waals surface area contributed by atoms with Crippen molar-refractivity contribution in [3.8, 4) is 0 Å². The first-order chi connectivity index (χ1) is 7.63. The summed E-state index contributed by atoms with van der Waals surface area (Å²) in [7, 11) is 1.41. The lowest BCUT2D eigenvalue weighted by molar-refractivity contribution is 0.0600. The highest BCUT2D eigenvalue weighted by Gasteiger charge is 2.12. The second-order valence-electron chi connectivity index (χ2n) is 4.08. The van der Waals surface area contributed by atoms with Crippen LogP contribution in [0.3, 0.4) is 0 Å². The van der Waals surface area contributed by atoms with Crippen LogP contribution in [0.1, 0.15) is 54.1 Å². The van der Waals surface area contributed by atoms with Crippen LogP contribution in [0.5, 0.6) is 0 Å². The Morgan fingerprint density at radius 1 is 1.31 bits per heavy atom. The lowest BCUT2D eigenvalue weighted by Crippen LogP contribution is -2.05. The van der Waals surface area contributed by atoms with E-state index < -0.39 is 0 Å². The zero-order valence-electron chi connectivity index (χ0n) is 10.5. The molecular weight excluding hydrogens is 200 g/mol. The molecule has 0 saturated heterocycles. The van der Waals surface area contributed by atoms with Crippen LogP contribution in [0.2, 0.25) is 0 Å². The summed E-state index contributed by atoms with van der Waals surface area (Å²) in [4.78, 5) is 11.4.